The van der Waals surface area contributed by atoms with Crippen LogP contribution in [0.25, 0.3) is 22.0 Å². The van der Waals surface area contributed by atoms with Gasteiger partial charge in [-0.25, -0.2) is 4.39 Å². The number of halogens is 1. The van der Waals surface area contributed by atoms with Gasteiger partial charge in [0.2, 0.25) is 0 Å². The van der Waals surface area contributed by atoms with Crippen LogP contribution in [0.3, 0.4) is 0 Å². The summed E-state index contributed by atoms with van der Waals surface area (Å²) in [7, 11) is 0. The smallest absolute Gasteiger partial charge is 0.260 e. The standard InChI is InChI=1S/C26H23FN4O2/c27-20-8-10-21(11-9-20)33-18-26(32)31-16-14-30(15-17-31)25-13-12-24(28-29-25)23-7-3-5-19-4-1-2-6-22(19)23/h1-13H,14-18H2. The summed E-state index contributed by atoms with van der Waals surface area (Å²) in [6.45, 7) is 2.44. The van der Waals surface area contributed by atoms with Gasteiger partial charge in [0, 0.05) is 31.7 Å². The summed E-state index contributed by atoms with van der Waals surface area (Å²) in [5, 5.41) is 11.3. The number of carbonyl (C=O) groups excluding carboxylic acids is 1. The Bertz CT molecular complexity index is 1250. The maximum Gasteiger partial charge on any atom is 0.260 e. The number of fused-ring (bicyclic) bond motifs is 1. The van der Waals surface area contributed by atoms with E-state index in [9.17, 15) is 9.18 Å². The summed E-state index contributed by atoms with van der Waals surface area (Å²) in [4.78, 5) is 16.4. The topological polar surface area (TPSA) is 58.6 Å². The number of anilines is 1. The van der Waals surface area contributed by atoms with Crippen molar-refractivity contribution in [1.29, 1.82) is 0 Å². The molecule has 5 rings (SSSR count). The Kier molecular flexibility index (Phi) is 5.85. The molecule has 4 aromatic rings. The number of hydrogen-bond donors (Lipinski definition) is 0. The minimum atomic E-state index is -0.335. The molecule has 6 nitrogen and oxygen atoms in total. The predicted molar refractivity (Wildman–Crippen MR) is 126 cm³/mol. The normalized spacial score (nSPS) is 13.8. The molecule has 0 atom stereocenters. The first-order valence-corrected chi connectivity index (χ1v) is 10.9. The number of ether oxygens (including phenoxy) is 1. The number of piperazine rings is 1. The molecule has 0 aliphatic carbocycles. The Labute approximate surface area is 191 Å². The number of amides is 1. The van der Waals surface area contributed by atoms with E-state index < -0.39 is 0 Å². The van der Waals surface area contributed by atoms with Crippen molar-refractivity contribution in [2.45, 2.75) is 0 Å². The quantitative estimate of drug-likeness (QED) is 0.465. The largest absolute Gasteiger partial charge is 0.484 e. The van der Waals surface area contributed by atoms with Gasteiger partial charge in [0.25, 0.3) is 5.91 Å². The lowest BCUT2D eigenvalue weighted by Gasteiger charge is -2.35. The van der Waals surface area contributed by atoms with Crippen LogP contribution in [0.15, 0.2) is 78.9 Å². The van der Waals surface area contributed by atoms with Gasteiger partial charge in [-0.05, 0) is 47.2 Å². The van der Waals surface area contributed by atoms with Gasteiger partial charge >= 0.3 is 0 Å². The number of benzene rings is 3. The molecule has 1 amide bonds. The Hall–Kier alpha value is -4.00. The summed E-state index contributed by atoms with van der Waals surface area (Å²) < 4.78 is 18.5. The van der Waals surface area contributed by atoms with Crippen molar-refractivity contribution in [3.8, 4) is 17.0 Å². The van der Waals surface area contributed by atoms with Gasteiger partial charge in [-0.1, -0.05) is 42.5 Å². The molecule has 0 N–H and O–H groups in total. The molecular formula is C26H23FN4O2. The molecule has 3 aromatic carbocycles. The van der Waals surface area contributed by atoms with E-state index >= 15 is 0 Å². The number of carbonyl (C=O) groups is 1. The van der Waals surface area contributed by atoms with Crippen molar-refractivity contribution in [2.75, 3.05) is 37.7 Å². The molecule has 1 aliphatic heterocycles. The van der Waals surface area contributed by atoms with Gasteiger partial charge in [0.15, 0.2) is 12.4 Å². The molecular weight excluding hydrogens is 419 g/mol. The lowest BCUT2D eigenvalue weighted by Crippen LogP contribution is -2.50. The Morgan fingerprint density at radius 2 is 1.61 bits per heavy atom. The van der Waals surface area contributed by atoms with Crippen LogP contribution in [0, 0.1) is 5.82 Å². The first-order chi connectivity index (χ1) is 16.2. The fraction of sp³-hybridized carbons (Fsp3) is 0.192. The first kappa shape index (κ1) is 20.9. The lowest BCUT2D eigenvalue weighted by atomic mass is 10.0. The van der Waals surface area contributed by atoms with E-state index in [-0.39, 0.29) is 18.3 Å². The number of aromatic nitrogens is 2. The van der Waals surface area contributed by atoms with E-state index in [4.69, 9.17) is 4.74 Å². The van der Waals surface area contributed by atoms with E-state index in [1.54, 1.807) is 4.90 Å². The zero-order chi connectivity index (χ0) is 22.6. The van der Waals surface area contributed by atoms with Crippen molar-refractivity contribution in [3.63, 3.8) is 0 Å². The van der Waals surface area contributed by atoms with Crippen LogP contribution >= 0.6 is 0 Å². The van der Waals surface area contributed by atoms with Crippen LogP contribution in [0.4, 0.5) is 10.2 Å². The van der Waals surface area contributed by atoms with Crippen LogP contribution in [0.2, 0.25) is 0 Å². The molecule has 0 bridgehead atoms. The molecule has 1 aromatic heterocycles. The highest BCUT2D eigenvalue weighted by atomic mass is 19.1. The summed E-state index contributed by atoms with van der Waals surface area (Å²) in [5.74, 6) is 0.855. The van der Waals surface area contributed by atoms with Crippen molar-refractivity contribution in [3.05, 3.63) is 84.7 Å². The second-order valence-electron chi connectivity index (χ2n) is 7.91. The minimum Gasteiger partial charge on any atom is -0.484 e. The maximum absolute atomic E-state index is 13.0. The molecule has 33 heavy (non-hydrogen) atoms. The third kappa shape index (κ3) is 4.62. The van der Waals surface area contributed by atoms with E-state index in [1.807, 2.05) is 30.3 Å². The van der Waals surface area contributed by atoms with Gasteiger partial charge in [0.05, 0.1) is 5.69 Å². The second kappa shape index (κ2) is 9.24. The Morgan fingerprint density at radius 3 is 2.36 bits per heavy atom. The summed E-state index contributed by atoms with van der Waals surface area (Å²) in [6, 6.07) is 24.1. The van der Waals surface area contributed by atoms with E-state index in [2.05, 4.69) is 39.4 Å². The van der Waals surface area contributed by atoms with E-state index in [0.29, 0.717) is 31.9 Å². The highest BCUT2D eigenvalue weighted by molar-refractivity contribution is 5.95. The lowest BCUT2D eigenvalue weighted by molar-refractivity contribution is -0.133. The van der Waals surface area contributed by atoms with Gasteiger partial charge < -0.3 is 14.5 Å². The Morgan fingerprint density at radius 1 is 0.848 bits per heavy atom. The first-order valence-electron chi connectivity index (χ1n) is 10.9. The molecule has 2 heterocycles. The zero-order valence-electron chi connectivity index (χ0n) is 18.0. The van der Waals surface area contributed by atoms with Crippen LogP contribution < -0.4 is 9.64 Å². The Balaban J connectivity index is 1.19. The number of nitrogens with zero attached hydrogens (tertiary/aromatic N) is 4. The molecule has 0 saturated carbocycles. The van der Waals surface area contributed by atoms with E-state index in [0.717, 1.165) is 22.5 Å². The highest BCUT2D eigenvalue weighted by Crippen LogP contribution is 2.27. The summed E-state index contributed by atoms with van der Waals surface area (Å²) >= 11 is 0. The average Bonchev–Trinajstić information content (AvgIpc) is 2.88. The van der Waals surface area contributed by atoms with Crippen molar-refractivity contribution >= 4 is 22.5 Å². The van der Waals surface area contributed by atoms with Crippen molar-refractivity contribution in [1.82, 2.24) is 15.1 Å². The summed E-state index contributed by atoms with van der Waals surface area (Å²) in [6.07, 6.45) is 0. The molecule has 7 heteroatoms. The van der Waals surface area contributed by atoms with Gasteiger partial charge in [-0.2, -0.15) is 0 Å². The van der Waals surface area contributed by atoms with Crippen LogP contribution in [-0.4, -0.2) is 53.8 Å². The average molecular weight is 442 g/mol. The molecule has 166 valence electrons. The van der Waals surface area contributed by atoms with Gasteiger partial charge in [-0.3, -0.25) is 4.79 Å². The predicted octanol–water partition coefficient (Wildman–Crippen LogP) is 4.16. The van der Waals surface area contributed by atoms with Crippen LogP contribution in [0.1, 0.15) is 0 Å². The number of hydrogen-bond acceptors (Lipinski definition) is 5. The third-order valence-electron chi connectivity index (χ3n) is 5.85. The monoisotopic (exact) mass is 442 g/mol. The van der Waals surface area contributed by atoms with Gasteiger partial charge in [0.1, 0.15) is 11.6 Å². The molecule has 0 unspecified atom stereocenters. The second-order valence-corrected chi connectivity index (χ2v) is 7.91. The number of rotatable bonds is 5. The SMILES string of the molecule is O=C(COc1ccc(F)cc1)N1CCN(c2ccc(-c3cccc4ccccc34)nn2)CC1. The van der Waals surface area contributed by atoms with Crippen LogP contribution in [0.5, 0.6) is 5.75 Å². The molecule has 1 aliphatic rings. The van der Waals surface area contributed by atoms with Crippen molar-refractivity contribution < 1.29 is 13.9 Å². The maximum atomic E-state index is 13.0. The minimum absolute atomic E-state index is 0.0643. The van der Waals surface area contributed by atoms with E-state index in [1.165, 1.54) is 29.7 Å². The van der Waals surface area contributed by atoms with Gasteiger partial charge in [-0.15, -0.1) is 10.2 Å². The highest BCUT2D eigenvalue weighted by Gasteiger charge is 2.22. The molecule has 1 fully saturated rings. The molecule has 1 saturated heterocycles. The fourth-order valence-electron chi connectivity index (χ4n) is 4.04. The fourth-order valence-corrected chi connectivity index (χ4v) is 4.04. The molecule has 0 radical (unpaired) electrons. The molecule has 0 spiro atoms. The van der Waals surface area contributed by atoms with Crippen LogP contribution in [-0.2, 0) is 4.79 Å². The van der Waals surface area contributed by atoms with Crippen molar-refractivity contribution in [2.24, 2.45) is 0 Å². The zero-order valence-corrected chi connectivity index (χ0v) is 18.0. The third-order valence-corrected chi connectivity index (χ3v) is 5.85. The summed E-state index contributed by atoms with van der Waals surface area (Å²) in [5.41, 5.74) is 1.89.